The van der Waals surface area contributed by atoms with Crippen molar-refractivity contribution in [3.63, 3.8) is 0 Å². The lowest BCUT2D eigenvalue weighted by molar-refractivity contribution is 0.0277. The average molecular weight is 222 g/mol. The Morgan fingerprint density at radius 3 is 3.27 bits per heavy atom. The molecule has 15 heavy (non-hydrogen) atoms. The van der Waals surface area contributed by atoms with Crippen molar-refractivity contribution in [2.75, 3.05) is 24.4 Å². The maximum Gasteiger partial charge on any atom is 0.0949 e. The van der Waals surface area contributed by atoms with Gasteiger partial charge >= 0.3 is 0 Å². The standard InChI is InChI=1S/C11H14N2OS/c1-2-10-9(7-15-13-10)5-8(1)11-6-12-3-4-14-11/h1-2,5,11-13H,3-4,6-7H2. The molecule has 0 amide bonds. The summed E-state index contributed by atoms with van der Waals surface area (Å²) >= 11 is 1.75. The minimum Gasteiger partial charge on any atom is -0.371 e. The molecular weight excluding hydrogens is 208 g/mol. The molecule has 2 N–H and O–H groups in total. The molecule has 0 radical (unpaired) electrons. The summed E-state index contributed by atoms with van der Waals surface area (Å²) in [6, 6.07) is 6.58. The molecule has 1 fully saturated rings. The topological polar surface area (TPSA) is 33.3 Å². The second kappa shape index (κ2) is 4.04. The number of hydrogen-bond acceptors (Lipinski definition) is 4. The van der Waals surface area contributed by atoms with Crippen LogP contribution in [-0.2, 0) is 10.5 Å². The summed E-state index contributed by atoms with van der Waals surface area (Å²) < 4.78 is 9.02. The number of anilines is 1. The zero-order valence-corrected chi connectivity index (χ0v) is 9.27. The largest absolute Gasteiger partial charge is 0.371 e. The Morgan fingerprint density at radius 2 is 2.40 bits per heavy atom. The molecule has 2 heterocycles. The Hall–Kier alpha value is -0.710. The molecule has 1 unspecified atom stereocenters. The van der Waals surface area contributed by atoms with Crippen molar-refractivity contribution in [2.24, 2.45) is 0 Å². The van der Waals surface area contributed by atoms with Gasteiger partial charge in [0.2, 0.25) is 0 Å². The van der Waals surface area contributed by atoms with Crippen LogP contribution in [-0.4, -0.2) is 19.7 Å². The molecule has 0 spiro atoms. The highest BCUT2D eigenvalue weighted by Gasteiger charge is 2.18. The van der Waals surface area contributed by atoms with E-state index in [0.717, 1.165) is 25.4 Å². The van der Waals surface area contributed by atoms with Gasteiger partial charge in [0.15, 0.2) is 0 Å². The average Bonchev–Trinajstić information content (AvgIpc) is 2.77. The molecule has 1 saturated heterocycles. The van der Waals surface area contributed by atoms with Crippen LogP contribution in [0.15, 0.2) is 18.2 Å². The predicted molar refractivity (Wildman–Crippen MR) is 62.9 cm³/mol. The van der Waals surface area contributed by atoms with Crippen LogP contribution in [0.5, 0.6) is 0 Å². The second-order valence-corrected chi connectivity index (χ2v) is 4.65. The summed E-state index contributed by atoms with van der Waals surface area (Å²) in [5.41, 5.74) is 3.95. The first-order chi connectivity index (χ1) is 7.43. The van der Waals surface area contributed by atoms with Crippen molar-refractivity contribution in [3.8, 4) is 0 Å². The third-order valence-corrected chi connectivity index (χ3v) is 3.66. The Kier molecular flexibility index (Phi) is 2.56. The molecule has 3 rings (SSSR count). The first-order valence-electron chi connectivity index (χ1n) is 5.26. The molecule has 0 saturated carbocycles. The third-order valence-electron chi connectivity index (χ3n) is 2.84. The molecule has 1 aromatic rings. The van der Waals surface area contributed by atoms with Gasteiger partial charge in [-0.3, -0.25) is 0 Å². The van der Waals surface area contributed by atoms with E-state index in [1.165, 1.54) is 16.8 Å². The monoisotopic (exact) mass is 222 g/mol. The third kappa shape index (κ3) is 1.85. The first-order valence-corrected chi connectivity index (χ1v) is 6.25. The molecular formula is C11H14N2OS. The van der Waals surface area contributed by atoms with Crippen LogP contribution in [0.25, 0.3) is 0 Å². The van der Waals surface area contributed by atoms with Crippen molar-refractivity contribution < 1.29 is 4.74 Å². The maximum atomic E-state index is 5.73. The van der Waals surface area contributed by atoms with Crippen LogP contribution in [0.2, 0.25) is 0 Å². The fourth-order valence-electron chi connectivity index (χ4n) is 2.00. The van der Waals surface area contributed by atoms with Gasteiger partial charge in [0.25, 0.3) is 0 Å². The lowest BCUT2D eigenvalue weighted by Gasteiger charge is -2.24. The predicted octanol–water partition coefficient (Wildman–Crippen LogP) is 1.92. The van der Waals surface area contributed by atoms with E-state index in [-0.39, 0.29) is 6.10 Å². The van der Waals surface area contributed by atoms with Crippen LogP contribution < -0.4 is 10.0 Å². The number of rotatable bonds is 1. The van der Waals surface area contributed by atoms with Crippen LogP contribution in [0.4, 0.5) is 5.69 Å². The molecule has 4 heteroatoms. The lowest BCUT2D eigenvalue weighted by atomic mass is 10.0. The maximum absolute atomic E-state index is 5.73. The Morgan fingerprint density at radius 1 is 1.40 bits per heavy atom. The van der Waals surface area contributed by atoms with E-state index < -0.39 is 0 Å². The summed E-state index contributed by atoms with van der Waals surface area (Å²) in [6.07, 6.45) is 0.231. The van der Waals surface area contributed by atoms with E-state index in [0.29, 0.717) is 0 Å². The van der Waals surface area contributed by atoms with Crippen LogP contribution in [0, 0.1) is 0 Å². The summed E-state index contributed by atoms with van der Waals surface area (Å²) in [5.74, 6) is 1.06. The van der Waals surface area contributed by atoms with Gasteiger partial charge in [-0.1, -0.05) is 12.1 Å². The summed E-state index contributed by atoms with van der Waals surface area (Å²) in [5, 5.41) is 3.36. The van der Waals surface area contributed by atoms with Gasteiger partial charge in [-0.05, 0) is 29.1 Å². The van der Waals surface area contributed by atoms with Gasteiger partial charge in [-0.25, -0.2) is 0 Å². The lowest BCUT2D eigenvalue weighted by Crippen LogP contribution is -2.33. The quantitative estimate of drug-likeness (QED) is 0.711. The van der Waals surface area contributed by atoms with E-state index in [9.17, 15) is 0 Å². The molecule has 0 aromatic heterocycles. The second-order valence-electron chi connectivity index (χ2n) is 3.87. The van der Waals surface area contributed by atoms with Crippen LogP contribution in [0.1, 0.15) is 17.2 Å². The zero-order valence-electron chi connectivity index (χ0n) is 8.45. The van der Waals surface area contributed by atoms with Gasteiger partial charge in [0.05, 0.1) is 12.7 Å². The summed E-state index contributed by atoms with van der Waals surface area (Å²) in [7, 11) is 0. The molecule has 0 aliphatic carbocycles. The van der Waals surface area contributed by atoms with E-state index in [4.69, 9.17) is 4.74 Å². The van der Waals surface area contributed by atoms with Gasteiger partial charge in [-0.15, -0.1) is 0 Å². The van der Waals surface area contributed by atoms with Crippen LogP contribution >= 0.6 is 11.9 Å². The smallest absolute Gasteiger partial charge is 0.0949 e. The molecule has 1 atom stereocenters. The SMILES string of the molecule is c1cc2c(cc1C1CNCCO1)CSN2. The van der Waals surface area contributed by atoms with Crippen molar-refractivity contribution in [1.82, 2.24) is 5.32 Å². The first kappa shape index (κ1) is 9.51. The minimum absolute atomic E-state index is 0.231. The Bertz CT molecular complexity index is 364. The number of benzene rings is 1. The fourth-order valence-corrected chi connectivity index (χ4v) is 2.83. The van der Waals surface area contributed by atoms with Crippen molar-refractivity contribution in [1.29, 1.82) is 0 Å². The van der Waals surface area contributed by atoms with Gasteiger partial charge in [-0.2, -0.15) is 0 Å². The summed E-state index contributed by atoms with van der Waals surface area (Å²) in [6.45, 7) is 2.72. The number of ether oxygens (including phenoxy) is 1. The Balaban J connectivity index is 1.85. The highest BCUT2D eigenvalue weighted by Crippen LogP contribution is 2.33. The minimum atomic E-state index is 0.231. The molecule has 3 nitrogen and oxygen atoms in total. The number of hydrogen-bond donors (Lipinski definition) is 2. The molecule has 0 bridgehead atoms. The highest BCUT2D eigenvalue weighted by molar-refractivity contribution is 8.00. The fraction of sp³-hybridized carbons (Fsp3) is 0.455. The van der Waals surface area contributed by atoms with Crippen LogP contribution in [0.3, 0.4) is 0 Å². The number of morpholine rings is 1. The van der Waals surface area contributed by atoms with E-state index in [1.54, 1.807) is 11.9 Å². The Labute approximate surface area is 93.7 Å². The number of nitrogens with one attached hydrogen (secondary N) is 2. The molecule has 1 aromatic carbocycles. The molecule has 80 valence electrons. The van der Waals surface area contributed by atoms with Crippen molar-refractivity contribution >= 4 is 17.6 Å². The zero-order chi connectivity index (χ0) is 10.1. The highest BCUT2D eigenvalue weighted by atomic mass is 32.2. The number of fused-ring (bicyclic) bond motifs is 1. The van der Waals surface area contributed by atoms with Crippen molar-refractivity contribution in [2.45, 2.75) is 11.9 Å². The van der Waals surface area contributed by atoms with Crippen molar-refractivity contribution in [3.05, 3.63) is 29.3 Å². The molecule has 2 aliphatic heterocycles. The van der Waals surface area contributed by atoms with E-state index in [2.05, 4.69) is 28.2 Å². The van der Waals surface area contributed by atoms with Gasteiger partial charge in [0.1, 0.15) is 0 Å². The summed E-state index contributed by atoms with van der Waals surface area (Å²) in [4.78, 5) is 0. The normalized spacial score (nSPS) is 24.7. The van der Waals surface area contributed by atoms with E-state index in [1.807, 2.05) is 0 Å². The van der Waals surface area contributed by atoms with E-state index >= 15 is 0 Å². The van der Waals surface area contributed by atoms with Gasteiger partial charge in [0, 0.05) is 24.5 Å². The molecule has 2 aliphatic rings. The van der Waals surface area contributed by atoms with Gasteiger partial charge < -0.3 is 14.8 Å².